The number of H-pyrrole nitrogens is 1. The number of anilines is 1. The van der Waals surface area contributed by atoms with Crippen molar-refractivity contribution in [2.24, 2.45) is 5.10 Å². The third-order valence-electron chi connectivity index (χ3n) is 4.11. The summed E-state index contributed by atoms with van der Waals surface area (Å²) in [7, 11) is 0. The first-order valence-electron chi connectivity index (χ1n) is 8.20. The molecule has 0 aliphatic heterocycles. The summed E-state index contributed by atoms with van der Waals surface area (Å²) < 4.78 is 1.75. The van der Waals surface area contributed by atoms with Crippen LogP contribution < -0.4 is 5.43 Å². The van der Waals surface area contributed by atoms with Crippen LogP contribution in [0.25, 0.3) is 27.8 Å². The molecule has 0 unspecified atom stereocenters. The molecule has 0 saturated heterocycles. The van der Waals surface area contributed by atoms with Gasteiger partial charge in [-0.1, -0.05) is 6.07 Å². The Morgan fingerprint density at radius 3 is 2.93 bits per heavy atom. The Kier molecular flexibility index (Phi) is 3.53. The highest BCUT2D eigenvalue weighted by molar-refractivity contribution is 5.91. The van der Waals surface area contributed by atoms with E-state index < -0.39 is 0 Å². The van der Waals surface area contributed by atoms with Crippen molar-refractivity contribution in [3.63, 3.8) is 0 Å². The summed E-state index contributed by atoms with van der Waals surface area (Å²) in [4.78, 5) is 20.1. The van der Waals surface area contributed by atoms with E-state index >= 15 is 0 Å². The van der Waals surface area contributed by atoms with E-state index in [1.54, 1.807) is 35.8 Å². The number of fused-ring (bicyclic) bond motifs is 2. The zero-order chi connectivity index (χ0) is 18.1. The molecule has 2 N–H and O–H groups in total. The first kappa shape index (κ1) is 15.1. The molecule has 0 aliphatic carbocycles. The Balaban J connectivity index is 1.54. The van der Waals surface area contributed by atoms with Crippen molar-refractivity contribution in [1.82, 2.24) is 34.7 Å². The Hall–Kier alpha value is -4.14. The highest BCUT2D eigenvalue weighted by Crippen LogP contribution is 2.25. The largest absolute Gasteiger partial charge is 0.345 e. The van der Waals surface area contributed by atoms with Gasteiger partial charge >= 0.3 is 0 Å². The normalized spacial score (nSPS) is 11.6. The molecule has 130 valence electrons. The fourth-order valence-corrected chi connectivity index (χ4v) is 2.85. The minimum atomic E-state index is 0.575. The van der Waals surface area contributed by atoms with Gasteiger partial charge in [0.05, 0.1) is 35.3 Å². The molecule has 0 atom stereocenters. The lowest BCUT2D eigenvalue weighted by atomic mass is 10.2. The Bertz CT molecular complexity index is 1250. The summed E-state index contributed by atoms with van der Waals surface area (Å²) in [6, 6.07) is 9.59. The fourth-order valence-electron chi connectivity index (χ4n) is 2.85. The standard InChI is InChI=1S/C18H13N9/c1-2-14-16(21-10-20-14)15(3-1)27-18-13(9-25-27)17(22-11-23-18)26-24-8-12-4-6-19-7-5-12/h1-11H,(H,20,21)(H,22,23,26)/b24-8+. The van der Waals surface area contributed by atoms with E-state index in [1.807, 2.05) is 30.3 Å². The second-order valence-electron chi connectivity index (χ2n) is 5.74. The van der Waals surface area contributed by atoms with Gasteiger partial charge in [0.2, 0.25) is 0 Å². The van der Waals surface area contributed by atoms with Crippen LogP contribution >= 0.6 is 0 Å². The molecule has 1 aromatic carbocycles. The molecule has 9 nitrogen and oxygen atoms in total. The molecule has 0 fully saturated rings. The molecule has 0 bridgehead atoms. The predicted molar refractivity (Wildman–Crippen MR) is 102 cm³/mol. The summed E-state index contributed by atoms with van der Waals surface area (Å²) in [6.07, 6.45) is 9.98. The number of para-hydroxylation sites is 1. The number of aromatic amines is 1. The smallest absolute Gasteiger partial charge is 0.168 e. The fraction of sp³-hybridized carbons (Fsp3) is 0. The van der Waals surface area contributed by atoms with Gasteiger partial charge in [-0.3, -0.25) is 10.4 Å². The van der Waals surface area contributed by atoms with Crippen LogP contribution in [0.3, 0.4) is 0 Å². The second kappa shape index (κ2) is 6.30. The number of pyridine rings is 1. The summed E-state index contributed by atoms with van der Waals surface area (Å²) >= 11 is 0. The monoisotopic (exact) mass is 355 g/mol. The van der Waals surface area contributed by atoms with Crippen molar-refractivity contribution in [1.29, 1.82) is 0 Å². The minimum absolute atomic E-state index is 0.575. The lowest BCUT2D eigenvalue weighted by Crippen LogP contribution is -2.00. The van der Waals surface area contributed by atoms with Crippen molar-refractivity contribution < 1.29 is 0 Å². The first-order chi connectivity index (χ1) is 13.4. The Labute approximate surface area is 152 Å². The van der Waals surface area contributed by atoms with Gasteiger partial charge in [0.15, 0.2) is 11.5 Å². The third kappa shape index (κ3) is 2.67. The van der Waals surface area contributed by atoms with Gasteiger partial charge < -0.3 is 4.98 Å². The lowest BCUT2D eigenvalue weighted by molar-refractivity contribution is 0.900. The minimum Gasteiger partial charge on any atom is -0.345 e. The van der Waals surface area contributed by atoms with Crippen LogP contribution in [0.15, 0.2) is 66.7 Å². The zero-order valence-corrected chi connectivity index (χ0v) is 14.0. The molecular formula is C18H13N9. The van der Waals surface area contributed by atoms with Crippen molar-refractivity contribution in [2.45, 2.75) is 0 Å². The molecule has 0 amide bonds. The van der Waals surface area contributed by atoms with Crippen molar-refractivity contribution in [2.75, 3.05) is 5.43 Å². The topological polar surface area (TPSA) is 110 Å². The maximum absolute atomic E-state index is 4.48. The second-order valence-corrected chi connectivity index (χ2v) is 5.74. The van der Waals surface area contributed by atoms with E-state index in [0.717, 1.165) is 27.7 Å². The molecule has 0 spiro atoms. The lowest BCUT2D eigenvalue weighted by Gasteiger charge is -2.04. The van der Waals surface area contributed by atoms with Gasteiger partial charge in [-0.25, -0.2) is 19.6 Å². The highest BCUT2D eigenvalue weighted by atomic mass is 15.3. The molecule has 0 radical (unpaired) electrons. The first-order valence-corrected chi connectivity index (χ1v) is 8.20. The Morgan fingerprint density at radius 1 is 1.07 bits per heavy atom. The van der Waals surface area contributed by atoms with Crippen LogP contribution in [0.5, 0.6) is 0 Å². The van der Waals surface area contributed by atoms with E-state index in [9.17, 15) is 0 Å². The van der Waals surface area contributed by atoms with Crippen LogP contribution in [0, 0.1) is 0 Å². The summed E-state index contributed by atoms with van der Waals surface area (Å²) in [5.74, 6) is 0.575. The van der Waals surface area contributed by atoms with E-state index in [2.05, 4.69) is 40.5 Å². The zero-order valence-electron chi connectivity index (χ0n) is 14.0. The van der Waals surface area contributed by atoms with Crippen LogP contribution in [0.2, 0.25) is 0 Å². The number of nitrogens with one attached hydrogen (secondary N) is 2. The number of hydrogen-bond acceptors (Lipinski definition) is 7. The highest BCUT2D eigenvalue weighted by Gasteiger charge is 2.13. The third-order valence-corrected chi connectivity index (χ3v) is 4.11. The SMILES string of the molecule is C(=N\Nc1ncnc2c1cnn2-c1cccc2[nH]cnc12)/c1ccncc1. The van der Waals surface area contributed by atoms with Gasteiger partial charge in [-0.2, -0.15) is 10.2 Å². The molecule has 0 saturated carbocycles. The molecule has 5 rings (SSSR count). The van der Waals surface area contributed by atoms with Crippen molar-refractivity contribution >= 4 is 34.1 Å². The predicted octanol–water partition coefficient (Wildman–Crippen LogP) is 2.53. The van der Waals surface area contributed by atoms with E-state index in [4.69, 9.17) is 0 Å². The van der Waals surface area contributed by atoms with Gasteiger partial charge in [-0.15, -0.1) is 0 Å². The molecule has 4 aromatic heterocycles. The number of hydrazone groups is 1. The van der Waals surface area contributed by atoms with E-state index in [0.29, 0.717) is 11.5 Å². The van der Waals surface area contributed by atoms with Crippen LogP contribution in [-0.4, -0.2) is 40.9 Å². The van der Waals surface area contributed by atoms with Gasteiger partial charge in [0, 0.05) is 12.4 Å². The summed E-state index contributed by atoms with van der Waals surface area (Å²) in [5, 5.41) is 9.48. The van der Waals surface area contributed by atoms with E-state index in [-0.39, 0.29) is 0 Å². The number of aromatic nitrogens is 7. The molecule has 4 heterocycles. The van der Waals surface area contributed by atoms with Gasteiger partial charge in [0.1, 0.15) is 11.8 Å². The van der Waals surface area contributed by atoms with Gasteiger partial charge in [0.25, 0.3) is 0 Å². The number of benzene rings is 1. The number of imidazole rings is 1. The molecule has 0 aliphatic rings. The Morgan fingerprint density at radius 2 is 2.00 bits per heavy atom. The molecule has 5 aromatic rings. The van der Waals surface area contributed by atoms with E-state index in [1.165, 1.54) is 6.33 Å². The molecule has 27 heavy (non-hydrogen) atoms. The molecular weight excluding hydrogens is 342 g/mol. The van der Waals surface area contributed by atoms with Crippen LogP contribution in [0.4, 0.5) is 5.82 Å². The number of hydrogen-bond donors (Lipinski definition) is 2. The summed E-state index contributed by atoms with van der Waals surface area (Å²) in [5.41, 5.74) is 7.16. The molecule has 9 heteroatoms. The number of rotatable bonds is 4. The summed E-state index contributed by atoms with van der Waals surface area (Å²) in [6.45, 7) is 0. The average molecular weight is 355 g/mol. The van der Waals surface area contributed by atoms with Crippen LogP contribution in [-0.2, 0) is 0 Å². The maximum Gasteiger partial charge on any atom is 0.168 e. The van der Waals surface area contributed by atoms with Crippen LogP contribution in [0.1, 0.15) is 5.56 Å². The van der Waals surface area contributed by atoms with Crippen molar-refractivity contribution in [3.8, 4) is 5.69 Å². The number of nitrogens with zero attached hydrogens (tertiary/aromatic N) is 7. The van der Waals surface area contributed by atoms with Crippen molar-refractivity contribution in [3.05, 3.63) is 67.1 Å². The quantitative estimate of drug-likeness (QED) is 0.379. The maximum atomic E-state index is 4.48. The average Bonchev–Trinajstić information content (AvgIpc) is 3.36. The van der Waals surface area contributed by atoms with Gasteiger partial charge in [-0.05, 0) is 29.8 Å².